The van der Waals surface area contributed by atoms with E-state index in [1.165, 1.54) is 19.3 Å². The van der Waals surface area contributed by atoms with Crippen molar-refractivity contribution in [1.82, 2.24) is 14.6 Å². The van der Waals surface area contributed by atoms with Crippen LogP contribution in [0.5, 0.6) is 0 Å². The van der Waals surface area contributed by atoms with E-state index >= 15 is 0 Å². The van der Waals surface area contributed by atoms with Gasteiger partial charge in [-0.3, -0.25) is 9.78 Å². The number of Topliss-reactive ketones (excluding diaryl/α,β-unsaturated/α-hetero) is 1. The lowest BCUT2D eigenvalue weighted by molar-refractivity contribution is 0.0873. The highest BCUT2D eigenvalue weighted by Gasteiger charge is 2.27. The summed E-state index contributed by atoms with van der Waals surface area (Å²) in [6.45, 7) is 2.24. The molecule has 1 saturated carbocycles. The molecule has 0 amide bonds. The van der Waals surface area contributed by atoms with Crippen LogP contribution in [0.2, 0.25) is 0 Å². The molecule has 4 heteroatoms. The van der Waals surface area contributed by atoms with Crippen LogP contribution in [0.1, 0.15) is 49.4 Å². The largest absolute Gasteiger partial charge is 0.294 e. The first kappa shape index (κ1) is 12.3. The van der Waals surface area contributed by atoms with Gasteiger partial charge in [0.15, 0.2) is 5.78 Å². The molecule has 0 saturated heterocycles. The molecular formula is C15H19N3O. The van der Waals surface area contributed by atoms with Gasteiger partial charge in [0.2, 0.25) is 0 Å². The van der Waals surface area contributed by atoms with E-state index in [1.807, 2.05) is 0 Å². The summed E-state index contributed by atoms with van der Waals surface area (Å²) >= 11 is 0. The molecule has 0 N–H and O–H groups in total. The van der Waals surface area contributed by atoms with Crippen molar-refractivity contribution >= 4 is 11.3 Å². The summed E-state index contributed by atoms with van der Waals surface area (Å²) in [6.07, 6.45) is 12.5. The van der Waals surface area contributed by atoms with Gasteiger partial charge in [0.05, 0.1) is 23.5 Å². The van der Waals surface area contributed by atoms with Gasteiger partial charge in [-0.05, 0) is 31.6 Å². The van der Waals surface area contributed by atoms with E-state index in [2.05, 4.69) is 17.0 Å². The van der Waals surface area contributed by atoms with Crippen LogP contribution in [0, 0.1) is 11.8 Å². The van der Waals surface area contributed by atoms with E-state index in [9.17, 15) is 4.79 Å². The Morgan fingerprint density at radius 3 is 2.84 bits per heavy atom. The summed E-state index contributed by atoms with van der Waals surface area (Å²) < 4.78 is 1.72. The average Bonchev–Trinajstić information content (AvgIpc) is 2.90. The molecule has 0 spiro atoms. The molecule has 0 aromatic carbocycles. The van der Waals surface area contributed by atoms with E-state index in [1.54, 1.807) is 29.3 Å². The maximum Gasteiger partial charge on any atom is 0.169 e. The number of carbonyl (C=O) groups is 1. The van der Waals surface area contributed by atoms with Crippen molar-refractivity contribution in [2.45, 2.75) is 39.0 Å². The average molecular weight is 257 g/mol. The van der Waals surface area contributed by atoms with Crippen LogP contribution in [0.4, 0.5) is 0 Å². The molecule has 0 atom stereocenters. The minimum atomic E-state index is 0.177. The zero-order chi connectivity index (χ0) is 13.2. The Bertz CT molecular complexity index is 582. The van der Waals surface area contributed by atoms with Crippen molar-refractivity contribution in [1.29, 1.82) is 0 Å². The molecule has 0 radical (unpaired) electrons. The number of aromatic nitrogens is 3. The van der Waals surface area contributed by atoms with Crippen molar-refractivity contribution in [2.24, 2.45) is 11.8 Å². The van der Waals surface area contributed by atoms with E-state index in [4.69, 9.17) is 0 Å². The highest BCUT2D eigenvalue weighted by molar-refractivity contribution is 6.03. The van der Waals surface area contributed by atoms with Gasteiger partial charge >= 0.3 is 0 Å². The first-order chi connectivity index (χ1) is 9.29. The minimum Gasteiger partial charge on any atom is -0.294 e. The lowest BCUT2D eigenvalue weighted by atomic mass is 9.78. The summed E-state index contributed by atoms with van der Waals surface area (Å²) in [5.41, 5.74) is 1.55. The van der Waals surface area contributed by atoms with Gasteiger partial charge in [-0.2, -0.15) is 5.10 Å². The third kappa shape index (κ3) is 2.27. The summed E-state index contributed by atoms with van der Waals surface area (Å²) in [7, 11) is 0. The van der Waals surface area contributed by atoms with Gasteiger partial charge in [0.25, 0.3) is 0 Å². The molecule has 1 aliphatic rings. The predicted octanol–water partition coefficient (Wildman–Crippen LogP) is 3.13. The van der Waals surface area contributed by atoms with Crippen LogP contribution in [0.15, 0.2) is 24.8 Å². The third-order valence-corrected chi connectivity index (χ3v) is 4.39. The molecule has 19 heavy (non-hydrogen) atoms. The van der Waals surface area contributed by atoms with Crippen LogP contribution in [0.3, 0.4) is 0 Å². The smallest absolute Gasteiger partial charge is 0.169 e. The van der Waals surface area contributed by atoms with Gasteiger partial charge in [-0.15, -0.1) is 0 Å². The predicted molar refractivity (Wildman–Crippen MR) is 73.1 cm³/mol. The molecule has 2 aromatic rings. The molecule has 2 aromatic heterocycles. The molecule has 2 heterocycles. The number of hydrogen-bond acceptors (Lipinski definition) is 3. The van der Waals surface area contributed by atoms with Crippen LogP contribution in [-0.2, 0) is 0 Å². The lowest BCUT2D eigenvalue weighted by Gasteiger charge is -2.26. The van der Waals surface area contributed by atoms with E-state index in [0.29, 0.717) is 0 Å². The highest BCUT2D eigenvalue weighted by Crippen LogP contribution is 2.33. The zero-order valence-corrected chi connectivity index (χ0v) is 11.2. The zero-order valence-electron chi connectivity index (χ0n) is 11.2. The van der Waals surface area contributed by atoms with Gasteiger partial charge in [-0.1, -0.05) is 13.3 Å². The summed E-state index contributed by atoms with van der Waals surface area (Å²) in [6, 6.07) is 0. The molecule has 100 valence electrons. The molecule has 4 nitrogen and oxygen atoms in total. The van der Waals surface area contributed by atoms with Gasteiger partial charge in [0, 0.05) is 18.3 Å². The number of nitrogens with zero attached hydrogens (tertiary/aromatic N) is 3. The molecule has 0 aliphatic heterocycles. The Balaban J connectivity index is 1.81. The Kier molecular flexibility index (Phi) is 3.32. The second-order valence-electron chi connectivity index (χ2n) is 5.45. The maximum atomic E-state index is 12.6. The lowest BCUT2D eigenvalue weighted by Crippen LogP contribution is -2.21. The van der Waals surface area contributed by atoms with Crippen molar-refractivity contribution in [2.75, 3.05) is 0 Å². The van der Waals surface area contributed by atoms with Gasteiger partial charge < -0.3 is 0 Å². The number of fused-ring (bicyclic) bond motifs is 1. The number of hydrogen-bond donors (Lipinski definition) is 0. The van der Waals surface area contributed by atoms with E-state index in [-0.39, 0.29) is 11.7 Å². The standard InChI is InChI=1S/C15H19N3O/c1-2-11-3-5-12(6-4-11)15(19)13-9-17-18-8-7-16-10-14(13)18/h7-12H,2-6H2,1H3. The normalized spacial score (nSPS) is 23.6. The van der Waals surface area contributed by atoms with Crippen LogP contribution in [0.25, 0.3) is 5.52 Å². The fourth-order valence-electron chi connectivity index (χ4n) is 3.08. The van der Waals surface area contributed by atoms with Crippen molar-refractivity contribution in [3.8, 4) is 0 Å². The summed E-state index contributed by atoms with van der Waals surface area (Å²) in [4.78, 5) is 16.7. The number of rotatable bonds is 3. The quantitative estimate of drug-likeness (QED) is 0.794. The molecular weight excluding hydrogens is 238 g/mol. The van der Waals surface area contributed by atoms with Gasteiger partial charge in [-0.25, -0.2) is 4.52 Å². The maximum absolute atomic E-state index is 12.6. The van der Waals surface area contributed by atoms with Crippen molar-refractivity contribution < 1.29 is 4.79 Å². The number of ketones is 1. The van der Waals surface area contributed by atoms with Crippen LogP contribution >= 0.6 is 0 Å². The molecule has 3 rings (SSSR count). The first-order valence-electron chi connectivity index (χ1n) is 7.11. The fourth-order valence-corrected chi connectivity index (χ4v) is 3.08. The van der Waals surface area contributed by atoms with Crippen molar-refractivity contribution in [3.05, 3.63) is 30.4 Å². The molecule has 1 aliphatic carbocycles. The Morgan fingerprint density at radius 2 is 2.11 bits per heavy atom. The molecule has 0 bridgehead atoms. The van der Waals surface area contributed by atoms with Crippen LogP contribution < -0.4 is 0 Å². The fraction of sp³-hybridized carbons (Fsp3) is 0.533. The summed E-state index contributed by atoms with van der Waals surface area (Å²) in [5, 5.41) is 4.22. The minimum absolute atomic E-state index is 0.177. The highest BCUT2D eigenvalue weighted by atomic mass is 16.1. The van der Waals surface area contributed by atoms with Crippen molar-refractivity contribution in [3.63, 3.8) is 0 Å². The first-order valence-corrected chi connectivity index (χ1v) is 7.11. The second kappa shape index (κ2) is 5.11. The number of carbonyl (C=O) groups excluding carboxylic acids is 1. The Hall–Kier alpha value is -1.71. The topological polar surface area (TPSA) is 47.3 Å². The van der Waals surface area contributed by atoms with Crippen LogP contribution in [-0.4, -0.2) is 20.4 Å². The van der Waals surface area contributed by atoms with E-state index in [0.717, 1.165) is 29.8 Å². The third-order valence-electron chi connectivity index (χ3n) is 4.39. The molecule has 1 fully saturated rings. The second-order valence-corrected chi connectivity index (χ2v) is 5.45. The monoisotopic (exact) mass is 257 g/mol. The summed E-state index contributed by atoms with van der Waals surface area (Å²) in [5.74, 6) is 1.24. The van der Waals surface area contributed by atoms with E-state index < -0.39 is 0 Å². The molecule has 0 unspecified atom stereocenters. The van der Waals surface area contributed by atoms with Gasteiger partial charge in [0.1, 0.15) is 0 Å². The Labute approximate surface area is 112 Å². The Morgan fingerprint density at radius 1 is 1.32 bits per heavy atom. The SMILES string of the molecule is CCC1CCC(C(=O)c2cnn3ccncc23)CC1.